The number of carbonyl (C=O) groups is 1. The van der Waals surface area contributed by atoms with Gasteiger partial charge in [0.2, 0.25) is 0 Å². The standard InChI is InChI=1S/C12H9FO2/c1-15-12(14)10-6-7-11(13)9-5-3-2-4-8(9)10/h2-7H,1H3/i13-1. The van der Waals surface area contributed by atoms with Crippen LogP contribution in [0, 0.1) is 5.82 Å². The van der Waals surface area contributed by atoms with Gasteiger partial charge >= 0.3 is 5.97 Å². The zero-order valence-corrected chi connectivity index (χ0v) is 8.16. The van der Waals surface area contributed by atoms with Crippen molar-refractivity contribution >= 4 is 16.7 Å². The highest BCUT2D eigenvalue weighted by Crippen LogP contribution is 2.22. The van der Waals surface area contributed by atoms with Gasteiger partial charge in [0.15, 0.2) is 0 Å². The fourth-order valence-electron chi connectivity index (χ4n) is 1.55. The smallest absolute Gasteiger partial charge is 0.338 e. The molecule has 0 radical (unpaired) electrons. The molecule has 0 unspecified atom stereocenters. The Morgan fingerprint density at radius 2 is 1.80 bits per heavy atom. The monoisotopic (exact) mass is 203 g/mol. The Kier molecular flexibility index (Phi) is 2.37. The molecule has 3 heteroatoms. The molecule has 0 heterocycles. The predicted molar refractivity (Wildman–Crippen MR) is 55.2 cm³/mol. The topological polar surface area (TPSA) is 26.3 Å². The summed E-state index contributed by atoms with van der Waals surface area (Å²) in [5.74, 6) is -0.788. The van der Waals surface area contributed by atoms with Crippen LogP contribution in [0.4, 0.5) is 4.39 Å². The van der Waals surface area contributed by atoms with Crippen molar-refractivity contribution in [3.05, 3.63) is 47.8 Å². The van der Waals surface area contributed by atoms with E-state index in [1.54, 1.807) is 24.3 Å². The predicted octanol–water partition coefficient (Wildman–Crippen LogP) is 2.77. The molecular formula is C12H9FO2. The van der Waals surface area contributed by atoms with E-state index < -0.39 is 5.97 Å². The quantitative estimate of drug-likeness (QED) is 0.666. The molecule has 0 fully saturated rings. The first kappa shape index (κ1) is 9.65. The van der Waals surface area contributed by atoms with Crippen molar-refractivity contribution in [2.45, 2.75) is 0 Å². The lowest BCUT2D eigenvalue weighted by Gasteiger charge is -2.04. The summed E-state index contributed by atoms with van der Waals surface area (Å²) >= 11 is 0. The van der Waals surface area contributed by atoms with E-state index in [4.69, 9.17) is 0 Å². The second-order valence-electron chi connectivity index (χ2n) is 3.13. The number of methoxy groups -OCH3 is 1. The molecule has 0 atom stereocenters. The molecule has 2 aromatic carbocycles. The van der Waals surface area contributed by atoms with Gasteiger partial charge in [-0.1, -0.05) is 24.3 Å². The third-order valence-corrected chi connectivity index (χ3v) is 2.28. The Bertz CT molecular complexity index is 520. The van der Waals surface area contributed by atoms with Crippen LogP contribution in [0.1, 0.15) is 10.4 Å². The van der Waals surface area contributed by atoms with Crippen molar-refractivity contribution in [1.29, 1.82) is 0 Å². The fraction of sp³-hybridized carbons (Fsp3) is 0.0833. The maximum Gasteiger partial charge on any atom is 0.338 e. The van der Waals surface area contributed by atoms with Crippen LogP contribution >= 0.6 is 0 Å². The van der Waals surface area contributed by atoms with Crippen LogP contribution in [0.5, 0.6) is 0 Å². The fourth-order valence-corrected chi connectivity index (χ4v) is 1.55. The largest absolute Gasteiger partial charge is 0.465 e. The lowest BCUT2D eigenvalue weighted by molar-refractivity contribution is 0.0603. The van der Waals surface area contributed by atoms with Gasteiger partial charge in [0, 0.05) is 5.39 Å². The van der Waals surface area contributed by atoms with Gasteiger partial charge in [0.05, 0.1) is 12.7 Å². The lowest BCUT2D eigenvalue weighted by atomic mass is 10.0. The third-order valence-electron chi connectivity index (χ3n) is 2.28. The Balaban J connectivity index is 2.77. The summed E-state index contributed by atoms with van der Waals surface area (Å²) in [7, 11) is 1.31. The highest BCUT2D eigenvalue weighted by atomic mass is 18.2. The Morgan fingerprint density at radius 3 is 2.47 bits per heavy atom. The molecule has 2 aromatic rings. The van der Waals surface area contributed by atoms with Gasteiger partial charge in [-0.3, -0.25) is 0 Å². The average Bonchev–Trinajstić information content (AvgIpc) is 2.29. The number of carbonyl (C=O) groups excluding carboxylic acids is 1. The number of benzene rings is 2. The molecule has 0 spiro atoms. The van der Waals surface area contributed by atoms with Crippen LogP contribution < -0.4 is 0 Å². The molecule has 0 aliphatic heterocycles. The van der Waals surface area contributed by atoms with Gasteiger partial charge in [-0.15, -0.1) is 0 Å². The number of hydrogen-bond acceptors (Lipinski definition) is 2. The van der Waals surface area contributed by atoms with E-state index in [1.807, 2.05) is 0 Å². The first-order valence-corrected chi connectivity index (χ1v) is 4.49. The minimum Gasteiger partial charge on any atom is -0.465 e. The van der Waals surface area contributed by atoms with E-state index >= 15 is 0 Å². The van der Waals surface area contributed by atoms with Crippen LogP contribution in [0.3, 0.4) is 0 Å². The van der Waals surface area contributed by atoms with E-state index in [1.165, 1.54) is 19.2 Å². The number of rotatable bonds is 1. The third kappa shape index (κ3) is 1.56. The summed E-state index contributed by atoms with van der Waals surface area (Å²) < 4.78 is 18.0. The summed E-state index contributed by atoms with van der Waals surface area (Å²) in [4.78, 5) is 11.4. The van der Waals surface area contributed by atoms with Crippen LogP contribution in [0.2, 0.25) is 0 Å². The molecular weight excluding hydrogens is 194 g/mol. The SMILES string of the molecule is COC(=O)c1ccc([18F])c2ccccc12. The van der Waals surface area contributed by atoms with Crippen LogP contribution in [0.15, 0.2) is 36.4 Å². The average molecular weight is 203 g/mol. The molecule has 0 N–H and O–H groups in total. The molecule has 15 heavy (non-hydrogen) atoms. The van der Waals surface area contributed by atoms with Crippen LogP contribution in [-0.2, 0) is 4.74 Å². The highest BCUT2D eigenvalue weighted by molar-refractivity contribution is 6.04. The van der Waals surface area contributed by atoms with E-state index in [2.05, 4.69) is 4.74 Å². The normalized spacial score (nSPS) is 10.3. The number of halogens is 1. The molecule has 2 rings (SSSR count). The van der Waals surface area contributed by atoms with E-state index in [0.717, 1.165) is 0 Å². The second-order valence-corrected chi connectivity index (χ2v) is 3.13. The van der Waals surface area contributed by atoms with Crippen LogP contribution in [0.25, 0.3) is 10.8 Å². The number of esters is 1. The summed E-state index contributed by atoms with van der Waals surface area (Å²) in [6.45, 7) is 0. The number of ether oxygens (including phenoxy) is 1. The maximum absolute atomic E-state index is 13.4. The van der Waals surface area contributed by atoms with Gasteiger partial charge in [0.1, 0.15) is 5.82 Å². The minimum atomic E-state index is -0.453. The van der Waals surface area contributed by atoms with E-state index in [9.17, 15) is 9.18 Å². The summed E-state index contributed by atoms with van der Waals surface area (Å²) in [6, 6.07) is 9.53. The van der Waals surface area contributed by atoms with Crippen molar-refractivity contribution in [3.63, 3.8) is 0 Å². The van der Waals surface area contributed by atoms with Crippen molar-refractivity contribution in [2.24, 2.45) is 0 Å². The molecule has 0 aliphatic rings. The molecule has 0 saturated carbocycles. The van der Waals surface area contributed by atoms with E-state index in [-0.39, 0.29) is 5.82 Å². The van der Waals surface area contributed by atoms with Crippen molar-refractivity contribution in [1.82, 2.24) is 0 Å². The summed E-state index contributed by atoms with van der Waals surface area (Å²) in [6.07, 6.45) is 0. The molecule has 2 nitrogen and oxygen atoms in total. The van der Waals surface area contributed by atoms with Crippen LogP contribution in [-0.4, -0.2) is 13.1 Å². The summed E-state index contributed by atoms with van der Waals surface area (Å²) in [5.41, 5.74) is 0.384. The molecule has 0 saturated heterocycles. The highest BCUT2D eigenvalue weighted by Gasteiger charge is 2.11. The molecule has 76 valence electrons. The van der Waals surface area contributed by atoms with Gasteiger partial charge in [0.25, 0.3) is 0 Å². The second kappa shape index (κ2) is 3.69. The lowest BCUT2D eigenvalue weighted by Crippen LogP contribution is -2.02. The Labute approximate surface area is 86.3 Å². The van der Waals surface area contributed by atoms with Gasteiger partial charge in [-0.25, -0.2) is 9.18 Å². The number of fused-ring (bicyclic) bond motifs is 1. The number of hydrogen-bond donors (Lipinski definition) is 0. The van der Waals surface area contributed by atoms with Crippen molar-refractivity contribution < 1.29 is 13.9 Å². The van der Waals surface area contributed by atoms with Gasteiger partial charge < -0.3 is 4.74 Å². The zero-order chi connectivity index (χ0) is 10.8. The van der Waals surface area contributed by atoms with Crippen molar-refractivity contribution in [3.8, 4) is 0 Å². The first-order chi connectivity index (χ1) is 7.24. The molecule has 0 aromatic heterocycles. The first-order valence-electron chi connectivity index (χ1n) is 4.49. The Hall–Kier alpha value is -1.90. The minimum absolute atomic E-state index is 0.335. The van der Waals surface area contributed by atoms with E-state index in [0.29, 0.717) is 16.3 Å². The van der Waals surface area contributed by atoms with Crippen molar-refractivity contribution in [2.75, 3.05) is 7.11 Å². The molecule has 0 amide bonds. The molecule has 0 aliphatic carbocycles. The van der Waals surface area contributed by atoms with Gasteiger partial charge in [-0.2, -0.15) is 0 Å². The maximum atomic E-state index is 13.4. The van der Waals surface area contributed by atoms with Gasteiger partial charge in [-0.05, 0) is 17.5 Å². The Morgan fingerprint density at radius 1 is 1.13 bits per heavy atom. The zero-order valence-electron chi connectivity index (χ0n) is 8.16. The summed E-state index contributed by atoms with van der Waals surface area (Å²) in [5, 5.41) is 1.00. The molecule has 0 bridgehead atoms.